The monoisotopic (exact) mass is 486 g/mol. The van der Waals surface area contributed by atoms with Crippen LogP contribution in [0, 0.1) is 24.0 Å². The molecule has 1 saturated heterocycles. The van der Waals surface area contributed by atoms with Crippen LogP contribution in [0.4, 0.5) is 22.0 Å². The number of amides is 1. The molecular weight excluding hydrogens is 467 g/mol. The molecule has 0 aromatic heterocycles. The van der Waals surface area contributed by atoms with Gasteiger partial charge in [0.1, 0.15) is 11.6 Å². The molecule has 0 radical (unpaired) electrons. The van der Waals surface area contributed by atoms with Gasteiger partial charge in [0.2, 0.25) is 5.96 Å². The van der Waals surface area contributed by atoms with Crippen molar-refractivity contribution >= 4 is 11.9 Å². The molecule has 0 bridgehead atoms. The van der Waals surface area contributed by atoms with Gasteiger partial charge in [0.15, 0.2) is 0 Å². The van der Waals surface area contributed by atoms with Gasteiger partial charge in [-0.25, -0.2) is 18.8 Å². The molecule has 180 valence electrons. The van der Waals surface area contributed by atoms with E-state index in [0.717, 1.165) is 18.2 Å². The summed E-state index contributed by atoms with van der Waals surface area (Å²) < 4.78 is 68.8. The van der Waals surface area contributed by atoms with Crippen LogP contribution in [0.1, 0.15) is 17.5 Å². The molecule has 1 amide bonds. The molecule has 2 N–H and O–H groups in total. The first-order valence-electron chi connectivity index (χ1n) is 10.5. The number of nitrogens with zero attached hydrogens (tertiary/aromatic N) is 2. The highest BCUT2D eigenvalue weighted by atomic mass is 19.4. The molecule has 2 unspecified atom stereocenters. The van der Waals surface area contributed by atoms with Crippen molar-refractivity contribution in [1.82, 2.24) is 15.8 Å². The van der Waals surface area contributed by atoms with Crippen molar-refractivity contribution in [2.45, 2.75) is 31.2 Å². The van der Waals surface area contributed by atoms with Crippen LogP contribution < -0.4 is 10.7 Å². The second kappa shape index (κ2) is 9.62. The van der Waals surface area contributed by atoms with E-state index in [1.807, 2.05) is 24.3 Å². The van der Waals surface area contributed by atoms with Gasteiger partial charge < -0.3 is 5.32 Å². The zero-order valence-corrected chi connectivity index (χ0v) is 18.1. The number of terminal acetylenes is 1. The number of rotatable bonds is 5. The minimum atomic E-state index is -4.94. The van der Waals surface area contributed by atoms with Crippen molar-refractivity contribution in [3.63, 3.8) is 0 Å². The normalized spacial score (nSPS) is 19.9. The van der Waals surface area contributed by atoms with Crippen LogP contribution in [0.25, 0.3) is 11.1 Å². The van der Waals surface area contributed by atoms with Crippen molar-refractivity contribution in [3.05, 3.63) is 83.5 Å². The lowest BCUT2D eigenvalue weighted by Gasteiger charge is -2.25. The van der Waals surface area contributed by atoms with Gasteiger partial charge in [0.05, 0.1) is 30.6 Å². The zero-order valence-electron chi connectivity index (χ0n) is 18.1. The van der Waals surface area contributed by atoms with Crippen molar-refractivity contribution in [1.29, 1.82) is 0 Å². The number of allylic oxidation sites excluding steroid dienone is 2. The zero-order chi connectivity index (χ0) is 25.2. The van der Waals surface area contributed by atoms with E-state index in [1.165, 1.54) is 17.1 Å². The van der Waals surface area contributed by atoms with Gasteiger partial charge in [-0.2, -0.15) is 13.2 Å². The number of benzene rings is 2. The summed E-state index contributed by atoms with van der Waals surface area (Å²) in [5.41, 5.74) is 0.743. The van der Waals surface area contributed by atoms with Gasteiger partial charge in [-0.05, 0) is 23.3 Å². The van der Waals surface area contributed by atoms with E-state index in [9.17, 15) is 26.7 Å². The lowest BCUT2D eigenvalue weighted by molar-refractivity contribution is -0.139. The number of hydrazine groups is 1. The van der Waals surface area contributed by atoms with Gasteiger partial charge in [0, 0.05) is 5.56 Å². The van der Waals surface area contributed by atoms with Crippen molar-refractivity contribution in [2.75, 3.05) is 0 Å². The lowest BCUT2D eigenvalue weighted by atomic mass is 9.97. The number of hydrogen-bond acceptors (Lipinski definition) is 2. The van der Waals surface area contributed by atoms with E-state index in [4.69, 9.17) is 6.42 Å². The Morgan fingerprint density at radius 1 is 1.14 bits per heavy atom. The maximum Gasteiger partial charge on any atom is 0.419 e. The Kier molecular flexibility index (Phi) is 6.60. The largest absolute Gasteiger partial charge is 0.419 e. The topological polar surface area (TPSA) is 56.7 Å². The number of aliphatic imine (C=N–C) groups is 1. The molecule has 35 heavy (non-hydrogen) atoms. The summed E-state index contributed by atoms with van der Waals surface area (Å²) in [7, 11) is 0. The summed E-state index contributed by atoms with van der Waals surface area (Å²) in [6.45, 7) is -0.169. The number of nitrogens with one attached hydrogen (secondary N) is 2. The average molecular weight is 486 g/mol. The number of hydrogen-bond donors (Lipinski definition) is 2. The molecule has 1 fully saturated rings. The summed E-state index contributed by atoms with van der Waals surface area (Å²) in [6, 6.07) is 5.95. The maximum atomic E-state index is 14.8. The predicted molar refractivity (Wildman–Crippen MR) is 120 cm³/mol. The Bertz CT molecular complexity index is 1280. The minimum absolute atomic E-state index is 0.101. The summed E-state index contributed by atoms with van der Waals surface area (Å²) in [5.74, 6) is -0.131. The summed E-state index contributed by atoms with van der Waals surface area (Å²) in [4.78, 5) is 16.4. The fraction of sp³-hybridized carbons (Fsp3) is 0.200. The van der Waals surface area contributed by atoms with Crippen molar-refractivity contribution in [2.24, 2.45) is 4.99 Å². The molecule has 0 saturated carbocycles. The highest BCUT2D eigenvalue weighted by Crippen LogP contribution is 2.39. The Morgan fingerprint density at radius 2 is 1.91 bits per heavy atom. The Hall–Kier alpha value is -4.13. The van der Waals surface area contributed by atoms with Crippen molar-refractivity contribution in [3.8, 4) is 23.5 Å². The first-order chi connectivity index (χ1) is 16.7. The van der Waals surface area contributed by atoms with Crippen LogP contribution in [-0.2, 0) is 17.5 Å². The SMILES string of the molecule is C#CCC(=O)NN1C(=NCc2ccc(-c3cccc(F)c3C(F)(F)F)cc2F)NC2C=CC=CC21. The smallest absolute Gasteiger partial charge is 0.346 e. The summed E-state index contributed by atoms with van der Waals surface area (Å²) in [5, 5.41) is 4.63. The second-order valence-electron chi connectivity index (χ2n) is 7.82. The number of guanidine groups is 1. The molecule has 1 heterocycles. The van der Waals surface area contributed by atoms with Crippen LogP contribution in [0.5, 0.6) is 0 Å². The van der Waals surface area contributed by atoms with E-state index < -0.39 is 34.8 Å². The van der Waals surface area contributed by atoms with Crippen LogP contribution in [-0.4, -0.2) is 29.0 Å². The number of alkyl halides is 3. The predicted octanol–water partition coefficient (Wildman–Crippen LogP) is 4.33. The summed E-state index contributed by atoms with van der Waals surface area (Å²) in [6.07, 6.45) is 7.48. The molecule has 5 nitrogen and oxygen atoms in total. The quantitative estimate of drug-likeness (QED) is 0.489. The molecular formula is C25H19F5N4O. The average Bonchev–Trinajstić information content (AvgIpc) is 3.14. The van der Waals surface area contributed by atoms with E-state index in [-0.39, 0.29) is 42.1 Å². The van der Waals surface area contributed by atoms with Gasteiger partial charge in [0.25, 0.3) is 5.91 Å². The molecule has 1 aliphatic heterocycles. The van der Waals surface area contributed by atoms with Crippen LogP contribution in [0.2, 0.25) is 0 Å². The van der Waals surface area contributed by atoms with E-state index >= 15 is 0 Å². The third kappa shape index (κ3) is 5.04. The van der Waals surface area contributed by atoms with Crippen LogP contribution >= 0.6 is 0 Å². The fourth-order valence-electron chi connectivity index (χ4n) is 3.91. The lowest BCUT2D eigenvalue weighted by Crippen LogP contribution is -2.49. The van der Waals surface area contributed by atoms with Crippen molar-refractivity contribution < 1.29 is 26.7 Å². The minimum Gasteiger partial charge on any atom is -0.346 e. The third-order valence-electron chi connectivity index (χ3n) is 5.50. The Balaban J connectivity index is 1.60. The number of halogens is 5. The first kappa shape index (κ1) is 24.0. The molecule has 1 aliphatic carbocycles. The van der Waals surface area contributed by atoms with E-state index in [1.54, 1.807) is 0 Å². The highest BCUT2D eigenvalue weighted by Gasteiger charge is 2.38. The van der Waals surface area contributed by atoms with E-state index in [2.05, 4.69) is 21.7 Å². The Morgan fingerprint density at radius 3 is 2.63 bits per heavy atom. The highest BCUT2D eigenvalue weighted by molar-refractivity contribution is 5.88. The number of fused-ring (bicyclic) bond motifs is 1. The standard InChI is InChI=1S/C25H19F5N4O/c1-2-6-22(35)33-34-21-10-4-3-9-20(21)32-24(34)31-14-16-12-11-15(13-19(16)27)17-7-5-8-18(26)23(17)25(28,29)30/h1,3-5,7-13,20-21H,6,14H2,(H,31,32)(H,33,35). The third-order valence-corrected chi connectivity index (χ3v) is 5.50. The Labute approximate surface area is 198 Å². The molecule has 4 rings (SSSR count). The molecule has 2 aromatic carbocycles. The molecule has 2 aliphatic rings. The van der Waals surface area contributed by atoms with E-state index in [0.29, 0.717) is 6.07 Å². The van der Waals surface area contributed by atoms with Gasteiger partial charge in [-0.15, -0.1) is 6.42 Å². The fourth-order valence-corrected chi connectivity index (χ4v) is 3.91. The number of carbonyl (C=O) groups excluding carboxylic acids is 1. The molecule has 2 atom stereocenters. The molecule has 10 heteroatoms. The van der Waals surface area contributed by atoms with Gasteiger partial charge in [-0.1, -0.05) is 54.5 Å². The molecule has 0 spiro atoms. The van der Waals surface area contributed by atoms with Crippen LogP contribution in [0.15, 0.2) is 65.7 Å². The van der Waals surface area contributed by atoms with Gasteiger partial charge in [-0.3, -0.25) is 10.2 Å². The van der Waals surface area contributed by atoms with Gasteiger partial charge >= 0.3 is 6.18 Å². The van der Waals surface area contributed by atoms with Crippen LogP contribution in [0.3, 0.4) is 0 Å². The first-order valence-corrected chi connectivity index (χ1v) is 10.5. The summed E-state index contributed by atoms with van der Waals surface area (Å²) >= 11 is 0. The maximum absolute atomic E-state index is 14.8. The second-order valence-corrected chi connectivity index (χ2v) is 7.82. The number of carbonyl (C=O) groups is 1. The molecule has 2 aromatic rings.